The molecular formula is C17H12ClF3N2O2S. The molecule has 0 aliphatic carbocycles. The van der Waals surface area contributed by atoms with Gasteiger partial charge >= 0.3 is 0 Å². The minimum atomic E-state index is -3.74. The Kier molecular flexibility index (Phi) is 4.81. The highest BCUT2D eigenvalue weighted by molar-refractivity contribution is 7.90. The molecule has 0 saturated heterocycles. The van der Waals surface area contributed by atoms with Crippen molar-refractivity contribution in [2.24, 2.45) is 0 Å². The fourth-order valence-electron chi connectivity index (χ4n) is 2.45. The number of rotatable bonds is 4. The molecule has 1 heterocycles. The molecule has 0 saturated carbocycles. The zero-order valence-electron chi connectivity index (χ0n) is 13.3. The van der Waals surface area contributed by atoms with E-state index in [2.05, 4.69) is 5.10 Å². The lowest BCUT2D eigenvalue weighted by molar-refractivity contribution is 0.145. The number of hydrogen-bond acceptors (Lipinski definition) is 3. The molecule has 0 radical (unpaired) electrons. The molecule has 1 aromatic heterocycles. The fraction of sp³-hybridized carbons (Fsp3) is 0.118. The molecule has 0 bridgehead atoms. The second kappa shape index (κ2) is 6.77. The number of alkyl halides is 2. The highest BCUT2D eigenvalue weighted by atomic mass is 35.5. The van der Waals surface area contributed by atoms with Crippen molar-refractivity contribution in [3.05, 3.63) is 65.1 Å². The Hall–Kier alpha value is -2.32. The van der Waals surface area contributed by atoms with Gasteiger partial charge in [0.25, 0.3) is 6.43 Å². The van der Waals surface area contributed by atoms with Gasteiger partial charge in [-0.1, -0.05) is 17.7 Å². The Morgan fingerprint density at radius 1 is 1.08 bits per heavy atom. The van der Waals surface area contributed by atoms with Crippen molar-refractivity contribution in [3.63, 3.8) is 0 Å². The zero-order chi connectivity index (χ0) is 19.1. The first kappa shape index (κ1) is 18.5. The van der Waals surface area contributed by atoms with Gasteiger partial charge in [-0.3, -0.25) is 0 Å². The Balaban J connectivity index is 2.18. The summed E-state index contributed by atoms with van der Waals surface area (Å²) in [4.78, 5) is -0.465. The van der Waals surface area contributed by atoms with Crippen molar-refractivity contribution in [2.75, 3.05) is 6.26 Å². The SMILES string of the molecule is CS(=O)(=O)c1ccc(-c2cc(C(F)F)nn2-c2ccc(Cl)cc2)cc1F. The van der Waals surface area contributed by atoms with E-state index in [-0.39, 0.29) is 11.3 Å². The van der Waals surface area contributed by atoms with E-state index in [0.717, 1.165) is 24.5 Å². The summed E-state index contributed by atoms with van der Waals surface area (Å²) in [5.74, 6) is -0.965. The normalized spacial score (nSPS) is 11.9. The van der Waals surface area contributed by atoms with Crippen LogP contribution in [-0.2, 0) is 9.84 Å². The van der Waals surface area contributed by atoms with Crippen LogP contribution in [0.4, 0.5) is 13.2 Å². The molecule has 0 spiro atoms. The highest BCUT2D eigenvalue weighted by Crippen LogP contribution is 2.30. The number of benzene rings is 2. The monoisotopic (exact) mass is 400 g/mol. The van der Waals surface area contributed by atoms with Crippen LogP contribution in [0, 0.1) is 5.82 Å². The van der Waals surface area contributed by atoms with E-state index in [1.165, 1.54) is 10.7 Å². The van der Waals surface area contributed by atoms with Crippen molar-refractivity contribution in [1.82, 2.24) is 9.78 Å². The van der Waals surface area contributed by atoms with Crippen molar-refractivity contribution in [2.45, 2.75) is 11.3 Å². The molecule has 3 rings (SSSR count). The summed E-state index contributed by atoms with van der Waals surface area (Å²) in [7, 11) is -3.74. The van der Waals surface area contributed by atoms with Gasteiger partial charge in [0, 0.05) is 16.8 Å². The molecule has 3 aromatic rings. The van der Waals surface area contributed by atoms with Gasteiger partial charge in [-0.15, -0.1) is 0 Å². The minimum absolute atomic E-state index is 0.196. The van der Waals surface area contributed by atoms with Crippen LogP contribution in [0.3, 0.4) is 0 Å². The van der Waals surface area contributed by atoms with Gasteiger partial charge in [0.05, 0.1) is 11.4 Å². The van der Waals surface area contributed by atoms with E-state index in [9.17, 15) is 21.6 Å². The van der Waals surface area contributed by atoms with Crippen LogP contribution in [0.2, 0.25) is 5.02 Å². The minimum Gasteiger partial charge on any atom is -0.233 e. The first-order chi connectivity index (χ1) is 12.2. The summed E-state index contributed by atoms with van der Waals surface area (Å²) in [6, 6.07) is 10.8. The molecule has 136 valence electrons. The van der Waals surface area contributed by atoms with Gasteiger partial charge in [-0.25, -0.2) is 26.3 Å². The van der Waals surface area contributed by atoms with Crippen LogP contribution in [0.1, 0.15) is 12.1 Å². The molecule has 9 heteroatoms. The third-order valence-electron chi connectivity index (χ3n) is 3.65. The molecule has 0 aliphatic rings. The smallest absolute Gasteiger partial charge is 0.233 e. The van der Waals surface area contributed by atoms with Crippen molar-refractivity contribution in [3.8, 4) is 16.9 Å². The summed E-state index contributed by atoms with van der Waals surface area (Å²) < 4.78 is 64.7. The molecule has 0 amide bonds. The predicted octanol–water partition coefficient (Wildman–Crippen LogP) is 4.67. The molecule has 0 N–H and O–H groups in total. The lowest BCUT2D eigenvalue weighted by Gasteiger charge is -2.09. The van der Waals surface area contributed by atoms with Crippen LogP contribution < -0.4 is 0 Å². The van der Waals surface area contributed by atoms with Gasteiger partial charge in [0.15, 0.2) is 9.84 Å². The Labute approximate surface area is 152 Å². The summed E-state index contributed by atoms with van der Waals surface area (Å²) in [5.41, 5.74) is 0.372. The Morgan fingerprint density at radius 3 is 2.27 bits per heavy atom. The summed E-state index contributed by atoms with van der Waals surface area (Å²) in [6.07, 6.45) is -1.93. The number of nitrogens with zero attached hydrogens (tertiary/aromatic N) is 2. The molecule has 0 atom stereocenters. The van der Waals surface area contributed by atoms with E-state index >= 15 is 0 Å². The van der Waals surface area contributed by atoms with Crippen LogP contribution in [0.5, 0.6) is 0 Å². The molecule has 0 aliphatic heterocycles. The number of hydrogen-bond donors (Lipinski definition) is 0. The topological polar surface area (TPSA) is 52.0 Å². The average Bonchev–Trinajstić information content (AvgIpc) is 3.00. The maximum Gasteiger partial charge on any atom is 0.282 e. The summed E-state index contributed by atoms with van der Waals surface area (Å²) >= 11 is 5.84. The van der Waals surface area contributed by atoms with Gasteiger partial charge in [-0.2, -0.15) is 5.10 Å². The van der Waals surface area contributed by atoms with E-state index in [4.69, 9.17) is 11.6 Å². The Morgan fingerprint density at radius 2 is 1.73 bits per heavy atom. The Bertz CT molecular complexity index is 1060. The lowest BCUT2D eigenvalue weighted by atomic mass is 10.1. The molecule has 0 unspecified atom stereocenters. The number of halogens is 4. The second-order valence-electron chi connectivity index (χ2n) is 5.56. The number of aromatic nitrogens is 2. The lowest BCUT2D eigenvalue weighted by Crippen LogP contribution is -2.02. The van der Waals surface area contributed by atoms with Crippen LogP contribution in [0.15, 0.2) is 53.4 Å². The van der Waals surface area contributed by atoms with Crippen molar-refractivity contribution >= 4 is 21.4 Å². The van der Waals surface area contributed by atoms with Crippen LogP contribution >= 0.6 is 11.6 Å². The van der Waals surface area contributed by atoms with Crippen LogP contribution in [-0.4, -0.2) is 24.5 Å². The van der Waals surface area contributed by atoms with E-state index in [0.29, 0.717) is 10.7 Å². The second-order valence-corrected chi connectivity index (χ2v) is 7.98. The maximum atomic E-state index is 14.2. The summed E-state index contributed by atoms with van der Waals surface area (Å²) in [5, 5.41) is 4.33. The maximum absolute atomic E-state index is 14.2. The van der Waals surface area contributed by atoms with Gasteiger partial charge in [0.1, 0.15) is 16.4 Å². The highest BCUT2D eigenvalue weighted by Gasteiger charge is 2.20. The average molecular weight is 401 g/mol. The molecule has 4 nitrogen and oxygen atoms in total. The third kappa shape index (κ3) is 3.61. The first-order valence-corrected chi connectivity index (χ1v) is 9.58. The van der Waals surface area contributed by atoms with Gasteiger partial charge in [0.2, 0.25) is 0 Å². The predicted molar refractivity (Wildman–Crippen MR) is 92.0 cm³/mol. The fourth-order valence-corrected chi connectivity index (χ4v) is 3.31. The first-order valence-electron chi connectivity index (χ1n) is 7.31. The van der Waals surface area contributed by atoms with Gasteiger partial charge in [-0.05, 0) is 42.5 Å². The molecule has 26 heavy (non-hydrogen) atoms. The number of sulfone groups is 1. The third-order valence-corrected chi connectivity index (χ3v) is 5.03. The van der Waals surface area contributed by atoms with Gasteiger partial charge < -0.3 is 0 Å². The van der Waals surface area contributed by atoms with Crippen molar-refractivity contribution in [1.29, 1.82) is 0 Å². The van der Waals surface area contributed by atoms with E-state index < -0.39 is 32.7 Å². The van der Waals surface area contributed by atoms with Crippen molar-refractivity contribution < 1.29 is 21.6 Å². The van der Waals surface area contributed by atoms with E-state index in [1.807, 2.05) is 0 Å². The standard InChI is InChI=1S/C17H12ClF3N2O2S/c1-26(24,25)16-7-2-10(8-13(16)19)15-9-14(17(20)21)22-23(15)12-5-3-11(18)4-6-12/h2-9,17H,1H3. The van der Waals surface area contributed by atoms with Crippen LogP contribution in [0.25, 0.3) is 16.9 Å². The van der Waals surface area contributed by atoms with E-state index in [1.54, 1.807) is 24.3 Å². The molecule has 2 aromatic carbocycles. The molecular weight excluding hydrogens is 389 g/mol. The zero-order valence-corrected chi connectivity index (χ0v) is 14.9. The largest absolute Gasteiger partial charge is 0.282 e. The quantitative estimate of drug-likeness (QED) is 0.639. The summed E-state index contributed by atoms with van der Waals surface area (Å²) in [6.45, 7) is 0. The molecule has 0 fully saturated rings.